The highest BCUT2D eigenvalue weighted by Gasteiger charge is 2.14. The number of rotatable bonds is 9. The van der Waals surface area contributed by atoms with Crippen molar-refractivity contribution in [2.45, 2.75) is 44.7 Å². The summed E-state index contributed by atoms with van der Waals surface area (Å²) in [5.74, 6) is 0.970. The Kier molecular flexibility index (Phi) is 7.63. The molecule has 0 radical (unpaired) electrons. The van der Waals surface area contributed by atoms with Crippen LogP contribution >= 0.6 is 11.8 Å². The van der Waals surface area contributed by atoms with Crippen LogP contribution in [0.2, 0.25) is 0 Å². The van der Waals surface area contributed by atoms with E-state index in [1.54, 1.807) is 4.90 Å². The van der Waals surface area contributed by atoms with Crippen molar-refractivity contribution in [2.24, 2.45) is 0 Å². The summed E-state index contributed by atoms with van der Waals surface area (Å²) in [6.45, 7) is 4.65. The number of carbonyl (C=O) groups is 1. The highest BCUT2D eigenvalue weighted by atomic mass is 32.2. The van der Waals surface area contributed by atoms with Gasteiger partial charge >= 0.3 is 0 Å². The van der Waals surface area contributed by atoms with Crippen LogP contribution < -0.4 is 0 Å². The van der Waals surface area contributed by atoms with Crippen LogP contribution in [0.1, 0.15) is 35.6 Å². The first-order chi connectivity index (χ1) is 14.5. The molecule has 30 heavy (non-hydrogen) atoms. The minimum atomic E-state index is 0.130. The monoisotopic (exact) mass is 424 g/mol. The number of aryl methyl sites for hydroxylation is 3. The topological polar surface area (TPSA) is 72.1 Å². The van der Waals surface area contributed by atoms with Gasteiger partial charge in [0.15, 0.2) is 5.16 Å². The lowest BCUT2D eigenvalue weighted by Gasteiger charge is -2.17. The van der Waals surface area contributed by atoms with E-state index in [9.17, 15) is 4.79 Å². The molecule has 3 rings (SSSR count). The quantitative estimate of drug-likeness (QED) is 0.372. The lowest BCUT2D eigenvalue weighted by molar-refractivity contribution is -0.129. The molecule has 0 unspecified atom stereocenters. The number of benzene rings is 1. The molecule has 2 heterocycles. The summed E-state index contributed by atoms with van der Waals surface area (Å²) in [7, 11) is 1.85. The number of hydrogen-bond acceptors (Lipinski definition) is 6. The maximum Gasteiger partial charge on any atom is 0.222 e. The van der Waals surface area contributed by atoms with Crippen LogP contribution in [0.3, 0.4) is 0 Å². The fraction of sp³-hybridized carbons (Fsp3) is 0.391. The van der Waals surface area contributed by atoms with E-state index in [-0.39, 0.29) is 5.91 Å². The largest absolute Gasteiger partial charge is 0.361 e. The molecule has 6 nitrogen and oxygen atoms in total. The standard InChI is InChI=1S/C23H28N4O2S/c1-16-20(17(2)25-23(24-16)30-4)12-13-22(28)27(3)14-8-11-19-15-21(26-29-19)18-9-6-5-7-10-18/h5-7,9-10,15H,8,11-14H2,1-4H3. The van der Waals surface area contributed by atoms with Crippen LogP contribution in [-0.2, 0) is 17.6 Å². The number of carbonyl (C=O) groups excluding carboxylic acids is 1. The van der Waals surface area contributed by atoms with E-state index in [0.29, 0.717) is 19.4 Å². The van der Waals surface area contributed by atoms with Crippen molar-refractivity contribution >= 4 is 17.7 Å². The molecule has 158 valence electrons. The zero-order chi connectivity index (χ0) is 21.5. The molecule has 0 aliphatic rings. The van der Waals surface area contributed by atoms with E-state index in [1.165, 1.54) is 11.8 Å². The third-order valence-corrected chi connectivity index (χ3v) is 5.69. The van der Waals surface area contributed by atoms with E-state index in [4.69, 9.17) is 4.52 Å². The molecule has 1 aromatic carbocycles. The Bertz CT molecular complexity index is 965. The highest BCUT2D eigenvalue weighted by molar-refractivity contribution is 7.98. The predicted octanol–water partition coefficient (Wildman–Crippen LogP) is 4.49. The van der Waals surface area contributed by atoms with Crippen molar-refractivity contribution in [1.82, 2.24) is 20.0 Å². The molecule has 0 saturated heterocycles. The van der Waals surface area contributed by atoms with Crippen LogP contribution in [0.15, 0.2) is 46.1 Å². The SMILES string of the molecule is CSc1nc(C)c(CCC(=O)N(C)CCCc2cc(-c3ccccc3)no2)c(C)n1. The molecule has 0 spiro atoms. The van der Waals surface area contributed by atoms with Gasteiger partial charge < -0.3 is 9.42 Å². The van der Waals surface area contributed by atoms with Gasteiger partial charge in [0.25, 0.3) is 0 Å². The molecule has 0 aliphatic carbocycles. The molecule has 0 fully saturated rings. The Balaban J connectivity index is 1.46. The Labute approximate surface area is 182 Å². The Hall–Kier alpha value is -2.67. The predicted molar refractivity (Wildman–Crippen MR) is 120 cm³/mol. The van der Waals surface area contributed by atoms with Crippen LogP contribution in [0.4, 0.5) is 0 Å². The summed E-state index contributed by atoms with van der Waals surface area (Å²) >= 11 is 1.53. The summed E-state index contributed by atoms with van der Waals surface area (Å²) in [5.41, 5.74) is 4.88. The van der Waals surface area contributed by atoms with E-state index < -0.39 is 0 Å². The van der Waals surface area contributed by atoms with Gasteiger partial charge in [0.2, 0.25) is 5.91 Å². The van der Waals surface area contributed by atoms with Gasteiger partial charge in [-0.2, -0.15) is 0 Å². The Morgan fingerprint density at radius 2 is 1.80 bits per heavy atom. The second kappa shape index (κ2) is 10.4. The number of aromatic nitrogens is 3. The summed E-state index contributed by atoms with van der Waals surface area (Å²) < 4.78 is 5.44. The third kappa shape index (κ3) is 5.69. The van der Waals surface area contributed by atoms with Gasteiger partial charge in [-0.25, -0.2) is 9.97 Å². The van der Waals surface area contributed by atoms with Crippen molar-refractivity contribution < 1.29 is 9.32 Å². The molecule has 1 amide bonds. The summed E-state index contributed by atoms with van der Waals surface area (Å²) in [6, 6.07) is 11.9. The van der Waals surface area contributed by atoms with Crippen LogP contribution in [0, 0.1) is 13.8 Å². The fourth-order valence-corrected chi connectivity index (χ4v) is 3.83. The van der Waals surface area contributed by atoms with Crippen molar-refractivity contribution in [2.75, 3.05) is 19.8 Å². The first-order valence-electron chi connectivity index (χ1n) is 10.1. The van der Waals surface area contributed by atoms with Crippen LogP contribution in [0.25, 0.3) is 11.3 Å². The van der Waals surface area contributed by atoms with Gasteiger partial charge in [-0.1, -0.05) is 47.3 Å². The second-order valence-corrected chi connectivity index (χ2v) is 8.10. The molecule has 0 N–H and O–H groups in total. The van der Waals surface area contributed by atoms with Crippen LogP contribution in [-0.4, -0.2) is 45.8 Å². The van der Waals surface area contributed by atoms with E-state index in [0.717, 1.165) is 52.0 Å². The maximum atomic E-state index is 12.5. The van der Waals surface area contributed by atoms with Gasteiger partial charge in [-0.15, -0.1) is 0 Å². The molecular weight excluding hydrogens is 396 g/mol. The summed E-state index contributed by atoms with van der Waals surface area (Å²) in [4.78, 5) is 23.3. The molecule has 7 heteroatoms. The van der Waals surface area contributed by atoms with Gasteiger partial charge in [0, 0.05) is 49.5 Å². The maximum absolute atomic E-state index is 12.5. The van der Waals surface area contributed by atoms with Crippen molar-refractivity contribution in [3.8, 4) is 11.3 Å². The minimum Gasteiger partial charge on any atom is -0.361 e. The van der Waals surface area contributed by atoms with E-state index in [2.05, 4.69) is 15.1 Å². The normalized spacial score (nSPS) is 10.9. The molecule has 0 bridgehead atoms. The highest BCUT2D eigenvalue weighted by Crippen LogP contribution is 2.20. The first kappa shape index (κ1) is 22.0. The fourth-order valence-electron chi connectivity index (χ4n) is 3.38. The molecule has 3 aromatic rings. The van der Waals surface area contributed by atoms with Crippen molar-refractivity contribution in [3.63, 3.8) is 0 Å². The molecule has 0 atom stereocenters. The number of hydrogen-bond donors (Lipinski definition) is 0. The zero-order valence-electron chi connectivity index (χ0n) is 18.0. The smallest absolute Gasteiger partial charge is 0.222 e. The number of thioether (sulfide) groups is 1. The zero-order valence-corrected chi connectivity index (χ0v) is 18.8. The Morgan fingerprint density at radius 3 is 2.47 bits per heavy atom. The minimum absolute atomic E-state index is 0.130. The van der Waals surface area contributed by atoms with Gasteiger partial charge in [0.05, 0.1) is 0 Å². The van der Waals surface area contributed by atoms with Gasteiger partial charge in [-0.05, 0) is 38.5 Å². The first-order valence-corrected chi connectivity index (χ1v) is 11.3. The summed E-state index contributed by atoms with van der Waals surface area (Å²) in [6.07, 6.45) is 4.67. The molecule has 0 aliphatic heterocycles. The van der Waals surface area contributed by atoms with Gasteiger partial charge in [0.1, 0.15) is 11.5 Å². The van der Waals surface area contributed by atoms with E-state index >= 15 is 0 Å². The van der Waals surface area contributed by atoms with Crippen molar-refractivity contribution in [3.05, 3.63) is 59.1 Å². The third-order valence-electron chi connectivity index (χ3n) is 5.14. The summed E-state index contributed by atoms with van der Waals surface area (Å²) in [5, 5.41) is 4.92. The van der Waals surface area contributed by atoms with Crippen molar-refractivity contribution in [1.29, 1.82) is 0 Å². The number of nitrogens with zero attached hydrogens (tertiary/aromatic N) is 4. The average molecular weight is 425 g/mol. The lowest BCUT2D eigenvalue weighted by Crippen LogP contribution is -2.28. The number of amides is 1. The average Bonchev–Trinajstić information content (AvgIpc) is 3.22. The van der Waals surface area contributed by atoms with Crippen LogP contribution in [0.5, 0.6) is 0 Å². The second-order valence-electron chi connectivity index (χ2n) is 7.32. The lowest BCUT2D eigenvalue weighted by atomic mass is 10.1. The van der Waals surface area contributed by atoms with E-state index in [1.807, 2.05) is 63.5 Å². The molecular formula is C23H28N4O2S. The molecule has 0 saturated carbocycles. The van der Waals surface area contributed by atoms with Gasteiger partial charge in [-0.3, -0.25) is 4.79 Å². The molecule has 2 aromatic heterocycles. The Morgan fingerprint density at radius 1 is 1.10 bits per heavy atom.